The maximum absolute atomic E-state index is 13.9. The van der Waals surface area contributed by atoms with Crippen LogP contribution in [0.15, 0.2) is 5.11 Å². The lowest BCUT2D eigenvalue weighted by molar-refractivity contribution is -0.302. The highest BCUT2D eigenvalue weighted by molar-refractivity contribution is 5.95. The van der Waals surface area contributed by atoms with Gasteiger partial charge in [0.25, 0.3) is 5.91 Å². The minimum absolute atomic E-state index is 0.0106. The Morgan fingerprint density at radius 1 is 0.944 bits per heavy atom. The Morgan fingerprint density at radius 2 is 1.53 bits per heavy atom. The summed E-state index contributed by atoms with van der Waals surface area (Å²) < 4.78 is 76.0. The van der Waals surface area contributed by atoms with E-state index in [1.165, 1.54) is 0 Å². The number of hydrogen-bond donors (Lipinski definition) is 5. The SMILES string of the molecule is [N-]=[N+]=Nc1c(F)c(F)c(C(=O)NCCOCCOCCO[C@@H]2O[C@H](CO)[C@H](O)[C@H](O)[C@H]2O)c(F)c1F. The zero-order valence-electron chi connectivity index (χ0n) is 18.5. The number of rotatable bonds is 13. The molecule has 5 atom stereocenters. The molecule has 202 valence electrons. The van der Waals surface area contributed by atoms with E-state index in [1.807, 2.05) is 5.32 Å². The van der Waals surface area contributed by atoms with Gasteiger partial charge in [0.05, 0.1) is 39.6 Å². The van der Waals surface area contributed by atoms with Gasteiger partial charge in [0.1, 0.15) is 35.7 Å². The van der Waals surface area contributed by atoms with Crippen molar-refractivity contribution in [2.75, 3.05) is 46.2 Å². The van der Waals surface area contributed by atoms with Crippen LogP contribution in [0.25, 0.3) is 10.4 Å². The molecule has 5 N–H and O–H groups in total. The molecule has 1 aliphatic heterocycles. The van der Waals surface area contributed by atoms with Crippen molar-refractivity contribution in [2.24, 2.45) is 5.11 Å². The number of nitrogens with one attached hydrogen (secondary N) is 1. The van der Waals surface area contributed by atoms with Gasteiger partial charge in [0, 0.05) is 11.5 Å². The fourth-order valence-corrected chi connectivity index (χ4v) is 3.03. The molecule has 17 heteroatoms. The maximum Gasteiger partial charge on any atom is 0.257 e. The number of aliphatic hydroxyl groups excluding tert-OH is 4. The molecule has 36 heavy (non-hydrogen) atoms. The van der Waals surface area contributed by atoms with E-state index in [1.54, 1.807) is 0 Å². The van der Waals surface area contributed by atoms with Crippen molar-refractivity contribution in [1.29, 1.82) is 0 Å². The lowest BCUT2D eigenvalue weighted by atomic mass is 9.99. The number of halogens is 4. The first-order chi connectivity index (χ1) is 17.1. The van der Waals surface area contributed by atoms with Gasteiger partial charge in [-0.3, -0.25) is 4.79 Å². The van der Waals surface area contributed by atoms with E-state index >= 15 is 0 Å². The second kappa shape index (κ2) is 14.2. The number of carbonyl (C=O) groups is 1. The van der Waals surface area contributed by atoms with E-state index in [2.05, 4.69) is 10.0 Å². The first kappa shape index (κ1) is 29.6. The van der Waals surface area contributed by atoms with Crippen molar-refractivity contribution >= 4 is 11.6 Å². The van der Waals surface area contributed by atoms with Crippen LogP contribution < -0.4 is 5.32 Å². The Kier molecular flexibility index (Phi) is 11.7. The largest absolute Gasteiger partial charge is 0.394 e. The molecule has 0 aromatic heterocycles. The summed E-state index contributed by atoms with van der Waals surface area (Å²) in [5, 5.41) is 42.8. The van der Waals surface area contributed by atoms with Crippen molar-refractivity contribution in [3.8, 4) is 0 Å². The summed E-state index contributed by atoms with van der Waals surface area (Å²) >= 11 is 0. The summed E-state index contributed by atoms with van der Waals surface area (Å²) in [5.41, 5.74) is 5.15. The molecule has 1 amide bonds. The molecular formula is C19H24F4N4O9. The number of benzene rings is 1. The lowest BCUT2D eigenvalue weighted by Crippen LogP contribution is -2.59. The van der Waals surface area contributed by atoms with Gasteiger partial charge in [-0.15, -0.1) is 0 Å². The Bertz CT molecular complexity index is 923. The molecule has 0 bridgehead atoms. The summed E-state index contributed by atoms with van der Waals surface area (Å²) in [5.74, 6) is -9.52. The molecule has 1 aliphatic rings. The van der Waals surface area contributed by atoms with Crippen LogP contribution >= 0.6 is 0 Å². The average Bonchev–Trinajstić information content (AvgIpc) is 2.86. The second-order valence-electron chi connectivity index (χ2n) is 7.22. The number of ether oxygens (including phenoxy) is 4. The van der Waals surface area contributed by atoms with Crippen molar-refractivity contribution in [3.05, 3.63) is 39.3 Å². The summed E-state index contributed by atoms with van der Waals surface area (Å²) in [4.78, 5) is 14.0. The van der Waals surface area contributed by atoms with E-state index in [9.17, 15) is 37.7 Å². The molecular weight excluding hydrogens is 504 g/mol. The minimum Gasteiger partial charge on any atom is -0.394 e. The lowest BCUT2D eigenvalue weighted by Gasteiger charge is -2.39. The molecule has 1 aromatic carbocycles. The van der Waals surface area contributed by atoms with Crippen LogP contribution in [0.4, 0.5) is 23.2 Å². The number of nitrogens with zero attached hydrogens (tertiary/aromatic N) is 3. The molecule has 1 saturated heterocycles. The van der Waals surface area contributed by atoms with Gasteiger partial charge in [-0.1, -0.05) is 5.11 Å². The van der Waals surface area contributed by atoms with Crippen LogP contribution in [-0.2, 0) is 18.9 Å². The number of carbonyl (C=O) groups excluding carboxylic acids is 1. The van der Waals surface area contributed by atoms with E-state index in [0.29, 0.717) is 0 Å². The van der Waals surface area contributed by atoms with Crippen molar-refractivity contribution in [2.45, 2.75) is 30.7 Å². The van der Waals surface area contributed by atoms with E-state index in [0.717, 1.165) is 0 Å². The topological polar surface area (TPSA) is 196 Å². The highest BCUT2D eigenvalue weighted by Gasteiger charge is 2.43. The van der Waals surface area contributed by atoms with Crippen LogP contribution in [0.5, 0.6) is 0 Å². The predicted molar refractivity (Wildman–Crippen MR) is 109 cm³/mol. The van der Waals surface area contributed by atoms with Crippen molar-refractivity contribution in [1.82, 2.24) is 5.32 Å². The zero-order chi connectivity index (χ0) is 26.8. The molecule has 0 spiro atoms. The number of azide groups is 1. The number of amides is 1. The van der Waals surface area contributed by atoms with Gasteiger partial charge >= 0.3 is 0 Å². The summed E-state index contributed by atoms with van der Waals surface area (Å²) in [6, 6.07) is 0. The van der Waals surface area contributed by atoms with Gasteiger partial charge in [-0.2, -0.15) is 0 Å². The smallest absolute Gasteiger partial charge is 0.257 e. The molecule has 1 fully saturated rings. The van der Waals surface area contributed by atoms with Gasteiger partial charge in [0.2, 0.25) is 0 Å². The standard InChI is InChI=1S/C19H24F4N4O9/c20-10-9(11(21)13(23)14(12(10)22)26-27-24)18(32)25-1-2-33-3-4-34-5-6-35-19-17(31)16(30)15(29)8(7-28)36-19/h8,15-17,19,28-31H,1-7H2,(H,25,32)/t8-,15+,16+,17-,19-/m1/s1. The minimum atomic E-state index is -2.02. The molecule has 0 saturated carbocycles. The fourth-order valence-electron chi connectivity index (χ4n) is 3.03. The van der Waals surface area contributed by atoms with Gasteiger partial charge < -0.3 is 44.7 Å². The zero-order valence-corrected chi connectivity index (χ0v) is 18.5. The number of aliphatic hydroxyl groups is 4. The Labute approximate surface area is 200 Å². The van der Waals surface area contributed by atoms with Gasteiger partial charge in [-0.25, -0.2) is 17.6 Å². The van der Waals surface area contributed by atoms with Crippen LogP contribution in [-0.4, -0.2) is 103 Å². The summed E-state index contributed by atoms with van der Waals surface area (Å²) in [7, 11) is 0. The Balaban J connectivity index is 1.64. The third-order valence-corrected chi connectivity index (χ3v) is 4.87. The number of hydrogen-bond acceptors (Lipinski definition) is 10. The third-order valence-electron chi connectivity index (χ3n) is 4.87. The quantitative estimate of drug-likeness (QED) is 0.0573. The molecule has 0 aliphatic carbocycles. The predicted octanol–water partition coefficient (Wildman–Crippen LogP) is -0.236. The van der Waals surface area contributed by atoms with Gasteiger partial charge in [-0.05, 0) is 5.53 Å². The Morgan fingerprint density at radius 3 is 2.11 bits per heavy atom. The van der Waals surface area contributed by atoms with Crippen LogP contribution in [0.2, 0.25) is 0 Å². The molecule has 0 unspecified atom stereocenters. The van der Waals surface area contributed by atoms with E-state index in [4.69, 9.17) is 29.6 Å². The Hall–Kier alpha value is -2.60. The van der Waals surface area contributed by atoms with Crippen molar-refractivity contribution < 1.29 is 61.7 Å². The second-order valence-corrected chi connectivity index (χ2v) is 7.22. The monoisotopic (exact) mass is 528 g/mol. The average molecular weight is 528 g/mol. The van der Waals surface area contributed by atoms with Crippen molar-refractivity contribution in [3.63, 3.8) is 0 Å². The normalized spacial score (nSPS) is 23.8. The molecule has 13 nitrogen and oxygen atoms in total. The third kappa shape index (κ3) is 7.22. The molecule has 0 radical (unpaired) electrons. The highest BCUT2D eigenvalue weighted by atomic mass is 19.2. The maximum atomic E-state index is 13.9. The molecule has 1 heterocycles. The van der Waals surface area contributed by atoms with Crippen LogP contribution in [0.1, 0.15) is 10.4 Å². The first-order valence-corrected chi connectivity index (χ1v) is 10.4. The summed E-state index contributed by atoms with van der Waals surface area (Å²) in [6.07, 6.45) is -7.02. The highest BCUT2D eigenvalue weighted by Crippen LogP contribution is 2.30. The first-order valence-electron chi connectivity index (χ1n) is 10.4. The molecule has 1 aromatic rings. The van der Waals surface area contributed by atoms with E-state index < -0.39 is 77.7 Å². The molecule has 2 rings (SSSR count). The summed E-state index contributed by atoms with van der Waals surface area (Å²) in [6.45, 7) is -1.03. The fraction of sp³-hybridized carbons (Fsp3) is 0.632. The van der Waals surface area contributed by atoms with Crippen LogP contribution in [0, 0.1) is 23.3 Å². The van der Waals surface area contributed by atoms with Gasteiger partial charge in [0.15, 0.2) is 29.6 Å². The van der Waals surface area contributed by atoms with Crippen LogP contribution in [0.3, 0.4) is 0 Å². The van der Waals surface area contributed by atoms with E-state index in [-0.39, 0.29) is 39.6 Å².